The Morgan fingerprint density at radius 2 is 2.15 bits per heavy atom. The van der Waals surface area contributed by atoms with Crippen LogP contribution in [0.4, 0.5) is 0 Å². The minimum atomic E-state index is -1.11. The third kappa shape index (κ3) is 2.85. The van der Waals surface area contributed by atoms with Gasteiger partial charge in [-0.3, -0.25) is 0 Å². The number of aliphatic hydroxyl groups is 1. The highest BCUT2D eigenvalue weighted by Gasteiger charge is 2.22. The van der Waals surface area contributed by atoms with Crippen molar-refractivity contribution in [1.82, 2.24) is 24.5 Å². The van der Waals surface area contributed by atoms with E-state index in [1.807, 2.05) is 0 Å². The highest BCUT2D eigenvalue weighted by Crippen LogP contribution is 2.22. The molecule has 0 fully saturated rings. The summed E-state index contributed by atoms with van der Waals surface area (Å²) in [6, 6.07) is 0. The Morgan fingerprint density at radius 3 is 2.75 bits per heavy atom. The summed E-state index contributed by atoms with van der Waals surface area (Å²) in [7, 11) is 1.79. The van der Waals surface area contributed by atoms with E-state index in [0.717, 1.165) is 19.3 Å². The zero-order valence-electron chi connectivity index (χ0n) is 11.2. The van der Waals surface area contributed by atoms with Gasteiger partial charge >= 0.3 is 5.97 Å². The van der Waals surface area contributed by atoms with Crippen molar-refractivity contribution in [2.75, 3.05) is 6.61 Å². The smallest absolute Gasteiger partial charge is 0.358 e. The monoisotopic (exact) mass is 279 g/mol. The molecule has 8 nitrogen and oxygen atoms in total. The maximum Gasteiger partial charge on any atom is 0.358 e. The molecule has 0 radical (unpaired) electrons. The van der Waals surface area contributed by atoms with Crippen LogP contribution in [-0.2, 0) is 13.6 Å². The summed E-state index contributed by atoms with van der Waals surface area (Å²) >= 11 is 0. The van der Waals surface area contributed by atoms with Crippen molar-refractivity contribution in [1.29, 1.82) is 0 Å². The molecule has 2 aromatic rings. The van der Waals surface area contributed by atoms with E-state index in [1.165, 1.54) is 0 Å². The van der Waals surface area contributed by atoms with Gasteiger partial charge in [-0.2, -0.15) is 0 Å². The van der Waals surface area contributed by atoms with Crippen molar-refractivity contribution >= 4 is 5.97 Å². The minimum absolute atomic E-state index is 0.0734. The van der Waals surface area contributed by atoms with Gasteiger partial charge in [0.1, 0.15) is 5.69 Å². The van der Waals surface area contributed by atoms with Crippen molar-refractivity contribution < 1.29 is 15.0 Å². The average molecular weight is 279 g/mol. The quantitative estimate of drug-likeness (QED) is 0.716. The van der Waals surface area contributed by atoms with E-state index in [0.29, 0.717) is 17.9 Å². The number of carboxylic acid groups (broad SMARTS) is 1. The van der Waals surface area contributed by atoms with Gasteiger partial charge in [0.2, 0.25) is 0 Å². The number of hydrogen-bond donors (Lipinski definition) is 2. The normalized spacial score (nSPS) is 10.9. The third-order valence-electron chi connectivity index (χ3n) is 3.03. The van der Waals surface area contributed by atoms with Gasteiger partial charge in [-0.15, -0.1) is 5.10 Å². The number of aryl methyl sites for hydroxylation is 2. The minimum Gasteiger partial charge on any atom is -0.476 e. The molecule has 108 valence electrons. The predicted octanol–water partition coefficient (Wildman–Crippen LogP) is 0.539. The van der Waals surface area contributed by atoms with Gasteiger partial charge in [-0.1, -0.05) is 5.21 Å². The number of carbonyl (C=O) groups is 1. The van der Waals surface area contributed by atoms with Gasteiger partial charge in [-0.05, 0) is 19.3 Å². The van der Waals surface area contributed by atoms with Crippen LogP contribution in [0.1, 0.15) is 29.8 Å². The number of aromatic carboxylic acids is 1. The number of imidazole rings is 1. The Balaban J connectivity index is 2.29. The molecule has 2 N–H and O–H groups in total. The fraction of sp³-hybridized carbons (Fsp3) is 0.500. The topological polar surface area (TPSA) is 106 Å². The van der Waals surface area contributed by atoms with Crippen LogP contribution >= 0.6 is 0 Å². The zero-order valence-corrected chi connectivity index (χ0v) is 11.2. The Hall–Kier alpha value is -2.22. The number of hydrogen-bond acceptors (Lipinski definition) is 5. The van der Waals surface area contributed by atoms with Crippen LogP contribution in [0.25, 0.3) is 11.4 Å². The second-order valence-electron chi connectivity index (χ2n) is 4.49. The van der Waals surface area contributed by atoms with E-state index in [4.69, 9.17) is 5.11 Å². The zero-order chi connectivity index (χ0) is 14.5. The molecule has 0 spiro atoms. The molecule has 8 heteroatoms. The molecule has 0 aromatic carbocycles. The van der Waals surface area contributed by atoms with E-state index in [2.05, 4.69) is 15.3 Å². The maximum atomic E-state index is 11.2. The molecular formula is C12H17N5O3. The summed E-state index contributed by atoms with van der Waals surface area (Å²) in [6.07, 6.45) is 5.57. The SMILES string of the molecule is Cn1cncc1-c1c(C(=O)O)nnn1CCCCCO. The van der Waals surface area contributed by atoms with Crippen molar-refractivity contribution in [3.8, 4) is 11.4 Å². The Labute approximate surface area is 115 Å². The molecule has 2 heterocycles. The molecule has 0 amide bonds. The van der Waals surface area contributed by atoms with Gasteiger partial charge in [-0.25, -0.2) is 14.5 Å². The molecule has 20 heavy (non-hydrogen) atoms. The highest BCUT2D eigenvalue weighted by atomic mass is 16.4. The van der Waals surface area contributed by atoms with Crippen molar-refractivity contribution in [2.45, 2.75) is 25.8 Å². The van der Waals surface area contributed by atoms with Gasteiger partial charge in [0.05, 0.1) is 18.2 Å². The van der Waals surface area contributed by atoms with E-state index in [1.54, 1.807) is 28.8 Å². The molecule has 0 aliphatic rings. The van der Waals surface area contributed by atoms with Crippen LogP contribution in [0.5, 0.6) is 0 Å². The predicted molar refractivity (Wildman–Crippen MR) is 70.1 cm³/mol. The number of rotatable bonds is 7. The number of aromatic nitrogens is 5. The number of nitrogens with zero attached hydrogens (tertiary/aromatic N) is 5. The maximum absolute atomic E-state index is 11.2. The van der Waals surface area contributed by atoms with Crippen LogP contribution in [0.3, 0.4) is 0 Å². The first-order valence-corrected chi connectivity index (χ1v) is 6.39. The largest absolute Gasteiger partial charge is 0.476 e. The molecular weight excluding hydrogens is 262 g/mol. The second-order valence-corrected chi connectivity index (χ2v) is 4.49. The summed E-state index contributed by atoms with van der Waals surface area (Å²) in [5.74, 6) is -1.11. The highest BCUT2D eigenvalue weighted by molar-refractivity contribution is 5.92. The van der Waals surface area contributed by atoms with Gasteiger partial charge in [0, 0.05) is 20.2 Å². The first-order valence-electron chi connectivity index (χ1n) is 6.39. The Morgan fingerprint density at radius 1 is 1.35 bits per heavy atom. The summed E-state index contributed by atoms with van der Waals surface area (Å²) in [5, 5.41) is 25.6. The number of aliphatic hydroxyl groups excluding tert-OH is 1. The summed E-state index contributed by atoms with van der Waals surface area (Å²) in [5.41, 5.74) is 1.05. The second kappa shape index (κ2) is 6.29. The van der Waals surface area contributed by atoms with Gasteiger partial charge in [0.25, 0.3) is 0 Å². The summed E-state index contributed by atoms with van der Waals surface area (Å²) < 4.78 is 3.31. The molecule has 0 aliphatic carbocycles. The standard InChI is InChI=1S/C12H17N5O3/c1-16-8-13-7-9(16)11-10(12(19)20)14-15-17(11)5-3-2-4-6-18/h7-8,18H,2-6H2,1H3,(H,19,20). The van der Waals surface area contributed by atoms with Crippen LogP contribution in [-0.4, -0.2) is 47.3 Å². The van der Waals surface area contributed by atoms with Gasteiger partial charge < -0.3 is 14.8 Å². The lowest BCUT2D eigenvalue weighted by Gasteiger charge is -2.07. The molecule has 0 saturated heterocycles. The Bertz CT molecular complexity index is 590. The molecule has 0 aliphatic heterocycles. The number of unbranched alkanes of at least 4 members (excludes halogenated alkanes) is 2. The summed E-state index contributed by atoms with van der Waals surface area (Å²) in [6.45, 7) is 0.715. The van der Waals surface area contributed by atoms with Crippen molar-refractivity contribution in [2.24, 2.45) is 7.05 Å². The van der Waals surface area contributed by atoms with Crippen molar-refractivity contribution in [3.05, 3.63) is 18.2 Å². The first kappa shape index (κ1) is 14.2. The first-order chi connectivity index (χ1) is 9.65. The fourth-order valence-corrected chi connectivity index (χ4v) is 2.00. The van der Waals surface area contributed by atoms with E-state index >= 15 is 0 Å². The van der Waals surface area contributed by atoms with Crippen LogP contribution in [0.15, 0.2) is 12.5 Å². The molecule has 0 atom stereocenters. The van der Waals surface area contributed by atoms with Crippen LogP contribution in [0.2, 0.25) is 0 Å². The lowest BCUT2D eigenvalue weighted by Crippen LogP contribution is -2.07. The molecule has 2 aromatic heterocycles. The molecule has 0 saturated carbocycles. The molecule has 0 unspecified atom stereocenters. The fourth-order valence-electron chi connectivity index (χ4n) is 2.00. The number of carboxylic acids is 1. The lowest BCUT2D eigenvalue weighted by molar-refractivity contribution is 0.0691. The van der Waals surface area contributed by atoms with E-state index in [-0.39, 0.29) is 12.3 Å². The van der Waals surface area contributed by atoms with E-state index in [9.17, 15) is 9.90 Å². The van der Waals surface area contributed by atoms with Gasteiger partial charge in [0.15, 0.2) is 5.69 Å². The molecule has 2 rings (SSSR count). The van der Waals surface area contributed by atoms with Crippen LogP contribution in [0, 0.1) is 0 Å². The summed E-state index contributed by atoms with van der Waals surface area (Å²) in [4.78, 5) is 15.2. The molecule has 0 bridgehead atoms. The Kier molecular flexibility index (Phi) is 4.46. The van der Waals surface area contributed by atoms with E-state index < -0.39 is 5.97 Å². The van der Waals surface area contributed by atoms with Crippen LogP contribution < -0.4 is 0 Å². The lowest BCUT2D eigenvalue weighted by atomic mass is 10.2. The van der Waals surface area contributed by atoms with Crippen molar-refractivity contribution in [3.63, 3.8) is 0 Å². The average Bonchev–Trinajstić information content (AvgIpc) is 3.00. The third-order valence-corrected chi connectivity index (χ3v) is 3.03.